The lowest BCUT2D eigenvalue weighted by Crippen LogP contribution is -2.42. The van der Waals surface area contributed by atoms with Crippen LogP contribution in [0.15, 0.2) is 69.6 Å². The van der Waals surface area contributed by atoms with Gasteiger partial charge >= 0.3 is 5.69 Å². The molecule has 0 saturated carbocycles. The van der Waals surface area contributed by atoms with Crippen LogP contribution in [0.1, 0.15) is 10.4 Å². The molecule has 2 aromatic carbocycles. The first kappa shape index (κ1) is 23.3. The lowest BCUT2D eigenvalue weighted by molar-refractivity contribution is -0.121. The third-order valence-electron chi connectivity index (χ3n) is 5.56. The molecule has 2 heterocycles. The van der Waals surface area contributed by atoms with Gasteiger partial charge in [-0.3, -0.25) is 18.7 Å². The number of hydrogen-bond donors (Lipinski definition) is 1. The van der Waals surface area contributed by atoms with Crippen LogP contribution in [0.3, 0.4) is 0 Å². The van der Waals surface area contributed by atoms with Crippen LogP contribution >= 0.6 is 11.3 Å². The number of carbonyl (C=O) groups excluding carboxylic acids is 1. The summed E-state index contributed by atoms with van der Waals surface area (Å²) < 4.78 is 13.3. The Bertz CT molecular complexity index is 1420. The summed E-state index contributed by atoms with van der Waals surface area (Å²) in [7, 11) is 3.08. The molecule has 176 valence electrons. The van der Waals surface area contributed by atoms with E-state index in [1.54, 1.807) is 48.8 Å². The predicted molar refractivity (Wildman–Crippen MR) is 132 cm³/mol. The quantitative estimate of drug-likeness (QED) is 0.399. The minimum atomic E-state index is -0.505. The van der Waals surface area contributed by atoms with Crippen molar-refractivity contribution in [2.24, 2.45) is 0 Å². The van der Waals surface area contributed by atoms with Gasteiger partial charge in [-0.05, 0) is 36.1 Å². The fourth-order valence-electron chi connectivity index (χ4n) is 3.88. The van der Waals surface area contributed by atoms with Crippen molar-refractivity contribution in [3.63, 3.8) is 0 Å². The van der Waals surface area contributed by atoms with Crippen LogP contribution in [0.4, 0.5) is 0 Å². The molecule has 0 bridgehead atoms. The highest BCUT2D eigenvalue weighted by atomic mass is 32.1. The maximum absolute atomic E-state index is 13.3. The van der Waals surface area contributed by atoms with Gasteiger partial charge in [-0.25, -0.2) is 4.79 Å². The summed E-state index contributed by atoms with van der Waals surface area (Å²) in [6.45, 7) is 0.223. The third kappa shape index (κ3) is 4.74. The molecule has 0 aliphatic rings. The summed E-state index contributed by atoms with van der Waals surface area (Å²) in [6, 6.07) is 16.2. The van der Waals surface area contributed by atoms with E-state index in [4.69, 9.17) is 9.47 Å². The highest BCUT2D eigenvalue weighted by Gasteiger charge is 2.16. The number of thiophene rings is 1. The van der Waals surface area contributed by atoms with Crippen molar-refractivity contribution in [3.8, 4) is 11.5 Å². The Hall–Kier alpha value is -3.85. The van der Waals surface area contributed by atoms with E-state index < -0.39 is 5.69 Å². The Morgan fingerprint density at radius 1 is 0.971 bits per heavy atom. The molecule has 34 heavy (non-hydrogen) atoms. The first-order valence-corrected chi connectivity index (χ1v) is 11.6. The molecular formula is C25H25N3O5S. The number of fused-ring (bicyclic) bond motifs is 1. The molecule has 0 unspecified atom stereocenters. The van der Waals surface area contributed by atoms with Gasteiger partial charge in [0.1, 0.15) is 6.54 Å². The number of aryl methyl sites for hydroxylation is 1. The molecule has 8 nitrogen and oxygen atoms in total. The number of methoxy groups -OCH3 is 2. The van der Waals surface area contributed by atoms with Crippen LogP contribution in [0.25, 0.3) is 10.9 Å². The number of nitrogens with zero attached hydrogens (tertiary/aromatic N) is 2. The maximum atomic E-state index is 13.3. The molecule has 9 heteroatoms. The summed E-state index contributed by atoms with van der Waals surface area (Å²) >= 11 is 1.57. The van der Waals surface area contributed by atoms with Gasteiger partial charge in [-0.2, -0.15) is 0 Å². The third-order valence-corrected chi connectivity index (χ3v) is 6.49. The largest absolute Gasteiger partial charge is 0.493 e. The average molecular weight is 480 g/mol. The van der Waals surface area contributed by atoms with Crippen molar-refractivity contribution in [3.05, 3.63) is 91.3 Å². The first-order valence-electron chi connectivity index (χ1n) is 10.7. The first-order chi connectivity index (χ1) is 16.5. The van der Waals surface area contributed by atoms with E-state index in [1.165, 1.54) is 16.2 Å². The Morgan fingerprint density at radius 3 is 2.53 bits per heavy atom. The zero-order valence-electron chi connectivity index (χ0n) is 18.9. The minimum absolute atomic E-state index is 0.198. The Labute approximate surface area is 200 Å². The van der Waals surface area contributed by atoms with E-state index in [9.17, 15) is 14.4 Å². The summed E-state index contributed by atoms with van der Waals surface area (Å²) in [5.41, 5.74) is 0.316. The fraction of sp³-hybridized carbons (Fsp3) is 0.240. The number of ether oxygens (including phenoxy) is 2. The lowest BCUT2D eigenvalue weighted by Gasteiger charge is -2.15. The molecule has 1 N–H and O–H groups in total. The smallest absolute Gasteiger partial charge is 0.331 e. The highest BCUT2D eigenvalue weighted by Crippen LogP contribution is 2.30. The van der Waals surface area contributed by atoms with Crippen molar-refractivity contribution >= 4 is 28.1 Å². The number of nitrogens with one attached hydrogen (secondary N) is 1. The fourth-order valence-corrected chi connectivity index (χ4v) is 4.58. The van der Waals surface area contributed by atoms with Crippen LogP contribution in [-0.4, -0.2) is 29.3 Å². The Morgan fingerprint density at radius 2 is 1.79 bits per heavy atom. The van der Waals surface area contributed by atoms with Crippen molar-refractivity contribution in [1.29, 1.82) is 0 Å². The summed E-state index contributed by atoms with van der Waals surface area (Å²) in [5.74, 6) is 0.741. The number of para-hydroxylation sites is 2. The van der Waals surface area contributed by atoms with Crippen LogP contribution in [-0.2, 0) is 30.8 Å². The molecule has 0 radical (unpaired) electrons. The molecule has 0 aliphatic heterocycles. The summed E-state index contributed by atoms with van der Waals surface area (Å²) in [5, 5.41) is 5.19. The van der Waals surface area contributed by atoms with Crippen LogP contribution in [0.2, 0.25) is 0 Å². The Balaban J connectivity index is 1.60. The SMILES string of the molecule is COc1cccc(CNC(=O)Cn2c(=O)n(CCc3cccs3)c(=O)c3ccccc32)c1OC. The lowest BCUT2D eigenvalue weighted by atomic mass is 10.2. The zero-order valence-corrected chi connectivity index (χ0v) is 19.8. The zero-order chi connectivity index (χ0) is 24.1. The monoisotopic (exact) mass is 479 g/mol. The van der Waals surface area contributed by atoms with Crippen molar-refractivity contribution < 1.29 is 14.3 Å². The van der Waals surface area contributed by atoms with Crippen LogP contribution in [0.5, 0.6) is 11.5 Å². The molecule has 4 aromatic rings. The van der Waals surface area contributed by atoms with Crippen LogP contribution < -0.4 is 26.0 Å². The summed E-state index contributed by atoms with van der Waals surface area (Å²) in [6.07, 6.45) is 0.562. The maximum Gasteiger partial charge on any atom is 0.331 e. The van der Waals surface area contributed by atoms with Crippen LogP contribution in [0, 0.1) is 0 Å². The number of hydrogen-bond acceptors (Lipinski definition) is 6. The van der Waals surface area contributed by atoms with E-state index in [2.05, 4.69) is 5.32 Å². The van der Waals surface area contributed by atoms with Crippen molar-refractivity contribution in [1.82, 2.24) is 14.5 Å². The molecule has 0 atom stereocenters. The number of amides is 1. The normalized spacial score (nSPS) is 10.9. The van der Waals surface area contributed by atoms with Gasteiger partial charge in [0.05, 0.1) is 25.1 Å². The predicted octanol–water partition coefficient (Wildman–Crippen LogP) is 2.80. The van der Waals surface area contributed by atoms with Gasteiger partial charge in [-0.15, -0.1) is 11.3 Å². The standard InChI is InChI=1S/C25H25N3O5S/c1-32-21-11-5-7-17(23(21)33-2)15-26-22(29)16-28-20-10-4-3-9-19(20)24(30)27(25(28)31)13-12-18-8-6-14-34-18/h3-11,14H,12-13,15-16H2,1-2H3,(H,26,29). The number of rotatable bonds is 9. The number of carbonyl (C=O) groups is 1. The minimum Gasteiger partial charge on any atom is -0.493 e. The van der Waals surface area contributed by atoms with E-state index in [1.807, 2.05) is 29.6 Å². The van der Waals surface area contributed by atoms with Gasteiger partial charge in [0, 0.05) is 23.5 Å². The van der Waals surface area contributed by atoms with Crippen molar-refractivity contribution in [2.75, 3.05) is 14.2 Å². The molecule has 0 aliphatic carbocycles. The van der Waals surface area contributed by atoms with Gasteiger partial charge < -0.3 is 14.8 Å². The number of aromatic nitrogens is 2. The van der Waals surface area contributed by atoms with E-state index >= 15 is 0 Å². The second kappa shape index (κ2) is 10.4. The average Bonchev–Trinajstić information content (AvgIpc) is 3.38. The summed E-state index contributed by atoms with van der Waals surface area (Å²) in [4.78, 5) is 40.2. The molecule has 2 aromatic heterocycles. The molecule has 0 fully saturated rings. The Kier molecular flexibility index (Phi) is 7.12. The van der Waals surface area contributed by atoms with Crippen molar-refractivity contribution in [2.45, 2.75) is 26.1 Å². The second-order valence-electron chi connectivity index (χ2n) is 7.60. The van der Waals surface area contributed by atoms with Gasteiger partial charge in [-0.1, -0.05) is 30.3 Å². The van der Waals surface area contributed by atoms with E-state index in [0.717, 1.165) is 10.4 Å². The molecular weight excluding hydrogens is 454 g/mol. The molecule has 1 amide bonds. The number of benzene rings is 2. The topological polar surface area (TPSA) is 91.6 Å². The highest BCUT2D eigenvalue weighted by molar-refractivity contribution is 7.09. The van der Waals surface area contributed by atoms with Gasteiger partial charge in [0.2, 0.25) is 5.91 Å². The molecule has 0 saturated heterocycles. The van der Waals surface area contributed by atoms with Gasteiger partial charge in [0.15, 0.2) is 11.5 Å². The van der Waals surface area contributed by atoms with E-state index in [0.29, 0.717) is 28.8 Å². The molecule has 0 spiro atoms. The molecule has 4 rings (SSSR count). The van der Waals surface area contributed by atoms with Gasteiger partial charge in [0.25, 0.3) is 5.56 Å². The second-order valence-corrected chi connectivity index (χ2v) is 8.63. The van der Waals surface area contributed by atoms with E-state index in [-0.39, 0.29) is 31.1 Å².